The monoisotopic (exact) mass is 243 g/mol. The average molecular weight is 243 g/mol. The molecule has 0 bridgehead atoms. The summed E-state index contributed by atoms with van der Waals surface area (Å²) in [5, 5.41) is 9.48. The van der Waals surface area contributed by atoms with Crippen molar-refractivity contribution >= 4 is 5.97 Å². The number of unbranched alkanes of at least 4 members (excludes halogenated alkanes) is 3. The molecule has 0 spiro atoms. The number of aliphatic carboxylic acids is 1. The van der Waals surface area contributed by atoms with E-state index >= 15 is 0 Å². The maximum absolute atomic E-state index is 11.5. The number of hydrogen-bond donors (Lipinski definition) is 1. The largest absolute Gasteiger partial charge is 0.480 e. The van der Waals surface area contributed by atoms with E-state index in [0.29, 0.717) is 0 Å². The van der Waals surface area contributed by atoms with Gasteiger partial charge in [0.25, 0.3) is 0 Å². The van der Waals surface area contributed by atoms with Crippen LogP contribution in [0.25, 0.3) is 0 Å². The zero-order valence-corrected chi connectivity index (χ0v) is 12.0. The predicted molar refractivity (Wildman–Crippen MR) is 72.3 cm³/mol. The summed E-state index contributed by atoms with van der Waals surface area (Å²) in [6, 6.07) is 0. The molecule has 0 aromatic rings. The summed E-state index contributed by atoms with van der Waals surface area (Å²) in [7, 11) is 0. The number of carbonyl (C=O) groups is 1. The fraction of sp³-hybridized carbons (Fsp3) is 0.929. The van der Waals surface area contributed by atoms with Gasteiger partial charge >= 0.3 is 5.97 Å². The summed E-state index contributed by atoms with van der Waals surface area (Å²) >= 11 is 0. The van der Waals surface area contributed by atoms with Crippen molar-refractivity contribution in [2.24, 2.45) is 0 Å². The van der Waals surface area contributed by atoms with Crippen LogP contribution in [-0.2, 0) is 4.79 Å². The number of likely N-dealkylation sites (N-methyl/N-ethyl adjacent to an activating group) is 1. The minimum absolute atomic E-state index is 0.677. The molecule has 3 nitrogen and oxygen atoms in total. The molecule has 0 aromatic heterocycles. The van der Waals surface area contributed by atoms with Gasteiger partial charge in [-0.1, -0.05) is 46.5 Å². The lowest BCUT2D eigenvalue weighted by molar-refractivity contribution is -0.151. The van der Waals surface area contributed by atoms with E-state index in [9.17, 15) is 9.90 Å². The van der Waals surface area contributed by atoms with Crippen molar-refractivity contribution < 1.29 is 9.90 Å². The van der Waals surface area contributed by atoms with Crippen LogP contribution in [0.15, 0.2) is 0 Å². The van der Waals surface area contributed by atoms with Crippen molar-refractivity contribution in [2.75, 3.05) is 13.1 Å². The van der Waals surface area contributed by atoms with Crippen molar-refractivity contribution in [3.63, 3.8) is 0 Å². The van der Waals surface area contributed by atoms with Crippen molar-refractivity contribution in [3.8, 4) is 0 Å². The lowest BCUT2D eigenvalue weighted by atomic mass is 9.91. The number of carboxylic acid groups (broad SMARTS) is 1. The second-order valence-electron chi connectivity index (χ2n) is 4.97. The van der Waals surface area contributed by atoms with E-state index in [1.54, 1.807) is 0 Å². The third kappa shape index (κ3) is 5.07. The highest BCUT2D eigenvalue weighted by Gasteiger charge is 2.37. The van der Waals surface area contributed by atoms with Crippen LogP contribution >= 0.6 is 0 Å². The van der Waals surface area contributed by atoms with Gasteiger partial charge in [0.2, 0.25) is 0 Å². The van der Waals surface area contributed by atoms with Gasteiger partial charge in [-0.3, -0.25) is 9.69 Å². The summed E-state index contributed by atoms with van der Waals surface area (Å²) in [5.41, 5.74) is -0.682. The molecular formula is C14H29NO2. The van der Waals surface area contributed by atoms with Crippen molar-refractivity contribution in [1.82, 2.24) is 4.90 Å². The Morgan fingerprint density at radius 1 is 1.12 bits per heavy atom. The van der Waals surface area contributed by atoms with Gasteiger partial charge in [0.15, 0.2) is 0 Å². The van der Waals surface area contributed by atoms with E-state index in [1.807, 2.05) is 13.8 Å². The van der Waals surface area contributed by atoms with Crippen LogP contribution < -0.4 is 0 Å². The first-order chi connectivity index (χ1) is 8.02. The molecule has 0 heterocycles. The molecule has 1 atom stereocenters. The third-order valence-electron chi connectivity index (χ3n) is 3.55. The summed E-state index contributed by atoms with van der Waals surface area (Å²) in [5.74, 6) is -0.677. The second-order valence-corrected chi connectivity index (χ2v) is 4.97. The molecule has 0 aliphatic heterocycles. The topological polar surface area (TPSA) is 40.5 Å². The predicted octanol–water partition coefficient (Wildman–Crippen LogP) is 3.53. The van der Waals surface area contributed by atoms with Gasteiger partial charge in [-0.25, -0.2) is 0 Å². The van der Waals surface area contributed by atoms with Crippen LogP contribution in [-0.4, -0.2) is 34.6 Å². The normalized spacial score (nSPS) is 14.9. The summed E-state index contributed by atoms with van der Waals surface area (Å²) in [4.78, 5) is 13.6. The Morgan fingerprint density at radius 3 is 2.18 bits per heavy atom. The van der Waals surface area contributed by atoms with Crippen LogP contribution in [0.2, 0.25) is 0 Å². The first-order valence-corrected chi connectivity index (χ1v) is 7.01. The number of hydrogen-bond acceptors (Lipinski definition) is 2. The highest BCUT2D eigenvalue weighted by Crippen LogP contribution is 2.23. The van der Waals surface area contributed by atoms with Crippen LogP contribution in [0, 0.1) is 0 Å². The highest BCUT2D eigenvalue weighted by molar-refractivity contribution is 5.78. The van der Waals surface area contributed by atoms with E-state index < -0.39 is 11.5 Å². The lowest BCUT2D eigenvalue weighted by Crippen LogP contribution is -2.52. The molecule has 0 saturated carbocycles. The quantitative estimate of drug-likeness (QED) is 0.597. The molecule has 1 unspecified atom stereocenters. The summed E-state index contributed by atoms with van der Waals surface area (Å²) in [6.45, 7) is 9.87. The van der Waals surface area contributed by atoms with E-state index in [-0.39, 0.29) is 0 Å². The number of rotatable bonds is 10. The van der Waals surface area contributed by atoms with E-state index in [2.05, 4.69) is 18.7 Å². The fourth-order valence-electron chi connectivity index (χ4n) is 2.32. The highest BCUT2D eigenvalue weighted by atomic mass is 16.4. The molecule has 17 heavy (non-hydrogen) atoms. The van der Waals surface area contributed by atoms with E-state index in [1.165, 1.54) is 12.8 Å². The van der Waals surface area contributed by atoms with Gasteiger partial charge in [-0.2, -0.15) is 0 Å². The Balaban J connectivity index is 4.47. The minimum atomic E-state index is -0.682. The third-order valence-corrected chi connectivity index (χ3v) is 3.55. The molecule has 3 heteroatoms. The number of nitrogens with zero attached hydrogens (tertiary/aromatic N) is 1. The SMILES string of the molecule is CCCCCCC(C)(C(=O)O)N(CC)CCC. The molecule has 1 N–H and O–H groups in total. The fourth-order valence-corrected chi connectivity index (χ4v) is 2.32. The van der Waals surface area contributed by atoms with E-state index in [4.69, 9.17) is 0 Å². The molecule has 0 aliphatic rings. The zero-order valence-electron chi connectivity index (χ0n) is 12.0. The first kappa shape index (κ1) is 16.4. The van der Waals surface area contributed by atoms with Gasteiger partial charge < -0.3 is 5.11 Å². The smallest absolute Gasteiger partial charge is 0.323 e. The Labute approximate surface area is 106 Å². The molecule has 102 valence electrons. The molecule has 0 saturated heterocycles. The Kier molecular flexibility index (Phi) is 8.23. The summed E-state index contributed by atoms with van der Waals surface area (Å²) in [6.07, 6.45) is 6.31. The van der Waals surface area contributed by atoms with Crippen molar-refractivity contribution in [3.05, 3.63) is 0 Å². The lowest BCUT2D eigenvalue weighted by Gasteiger charge is -2.37. The summed E-state index contributed by atoms with van der Waals surface area (Å²) < 4.78 is 0. The van der Waals surface area contributed by atoms with Crippen LogP contribution in [0.5, 0.6) is 0 Å². The maximum atomic E-state index is 11.5. The van der Waals surface area contributed by atoms with Gasteiger partial charge in [0.05, 0.1) is 0 Å². The van der Waals surface area contributed by atoms with Gasteiger partial charge in [-0.05, 0) is 32.9 Å². The zero-order chi connectivity index (χ0) is 13.3. The van der Waals surface area contributed by atoms with Crippen LogP contribution in [0.4, 0.5) is 0 Å². The van der Waals surface area contributed by atoms with Gasteiger partial charge in [0, 0.05) is 0 Å². The van der Waals surface area contributed by atoms with Crippen LogP contribution in [0.3, 0.4) is 0 Å². The molecule has 0 aliphatic carbocycles. The van der Waals surface area contributed by atoms with Gasteiger partial charge in [-0.15, -0.1) is 0 Å². The van der Waals surface area contributed by atoms with Crippen molar-refractivity contribution in [1.29, 1.82) is 0 Å². The molecule has 0 rings (SSSR count). The Morgan fingerprint density at radius 2 is 1.76 bits per heavy atom. The molecule has 0 aromatic carbocycles. The second kappa shape index (κ2) is 8.51. The maximum Gasteiger partial charge on any atom is 0.323 e. The minimum Gasteiger partial charge on any atom is -0.480 e. The average Bonchev–Trinajstić information content (AvgIpc) is 2.31. The van der Waals surface area contributed by atoms with Crippen LogP contribution in [0.1, 0.15) is 66.2 Å². The molecule has 0 amide bonds. The number of carboxylic acids is 1. The molecule has 0 fully saturated rings. The standard InChI is InChI=1S/C14H29NO2/c1-5-8-9-10-11-14(4,13(16)17)15(7-3)12-6-2/h5-12H2,1-4H3,(H,16,17). The Hall–Kier alpha value is -0.570. The molecular weight excluding hydrogens is 214 g/mol. The first-order valence-electron chi connectivity index (χ1n) is 7.01. The molecule has 0 radical (unpaired) electrons. The van der Waals surface area contributed by atoms with Gasteiger partial charge in [0.1, 0.15) is 5.54 Å². The van der Waals surface area contributed by atoms with E-state index in [0.717, 1.165) is 38.8 Å². The Bertz CT molecular complexity index is 218. The van der Waals surface area contributed by atoms with Crippen molar-refractivity contribution in [2.45, 2.75) is 71.8 Å².